The lowest BCUT2D eigenvalue weighted by atomic mass is 10.4. The molecule has 0 bridgehead atoms. The van der Waals surface area contributed by atoms with E-state index in [0.29, 0.717) is 14.9 Å². The SMILES string of the molecule is COC(=O)c1cn2ccnc2c(Br)n1.COC(=O)c1cnc(N)c(Br)n1.COC(CBr)OC. The number of halogens is 3. The average molecular weight is 657 g/mol. The first-order chi connectivity index (χ1) is 15.7. The van der Waals surface area contributed by atoms with Gasteiger partial charge < -0.3 is 29.1 Å². The Labute approximate surface area is 214 Å². The Kier molecular flexibility index (Phi) is 13.0. The van der Waals surface area contributed by atoms with E-state index in [1.165, 1.54) is 20.4 Å². The Morgan fingerprint density at radius 1 is 1.00 bits per heavy atom. The maximum absolute atomic E-state index is 11.2. The number of nitrogen functional groups attached to an aromatic ring is 1. The lowest BCUT2D eigenvalue weighted by Crippen LogP contribution is -2.13. The van der Waals surface area contributed by atoms with Crippen LogP contribution in [0.3, 0.4) is 0 Å². The molecule has 0 radical (unpaired) electrons. The van der Waals surface area contributed by atoms with E-state index in [2.05, 4.69) is 77.2 Å². The summed E-state index contributed by atoms with van der Waals surface area (Å²) in [5, 5.41) is 0.722. The minimum Gasteiger partial charge on any atom is -0.464 e. The molecule has 33 heavy (non-hydrogen) atoms. The van der Waals surface area contributed by atoms with Crippen molar-refractivity contribution in [2.75, 3.05) is 39.5 Å². The van der Waals surface area contributed by atoms with Crippen LogP contribution in [-0.2, 0) is 18.9 Å². The number of fused-ring (bicyclic) bond motifs is 1. The molecule has 3 rings (SSSR count). The van der Waals surface area contributed by atoms with Crippen molar-refractivity contribution >= 4 is 71.2 Å². The third kappa shape index (κ3) is 8.92. The number of anilines is 1. The van der Waals surface area contributed by atoms with Crippen molar-refractivity contribution in [1.82, 2.24) is 24.3 Å². The first kappa shape index (κ1) is 28.8. The molecule has 0 aliphatic heterocycles. The van der Waals surface area contributed by atoms with Crippen molar-refractivity contribution in [3.8, 4) is 0 Å². The summed E-state index contributed by atoms with van der Waals surface area (Å²) in [6.07, 6.45) is 6.09. The maximum atomic E-state index is 11.2. The molecule has 0 fully saturated rings. The summed E-state index contributed by atoms with van der Waals surface area (Å²) in [5.41, 5.74) is 6.39. The summed E-state index contributed by atoms with van der Waals surface area (Å²) in [6.45, 7) is 0. The summed E-state index contributed by atoms with van der Waals surface area (Å²) < 4.78 is 21.1. The topological polar surface area (TPSA) is 153 Å². The molecule has 0 aromatic carbocycles. The van der Waals surface area contributed by atoms with Gasteiger partial charge in [-0.15, -0.1) is 0 Å². The van der Waals surface area contributed by atoms with E-state index in [1.54, 1.807) is 37.2 Å². The summed E-state index contributed by atoms with van der Waals surface area (Å²) >= 11 is 9.45. The zero-order chi connectivity index (χ0) is 25.0. The number of carbonyl (C=O) groups is 2. The Hall–Kier alpha value is -2.20. The molecule has 12 nitrogen and oxygen atoms in total. The first-order valence-electron chi connectivity index (χ1n) is 8.77. The normalized spacial score (nSPS) is 10.1. The zero-order valence-corrected chi connectivity index (χ0v) is 22.7. The molecule has 3 heterocycles. The van der Waals surface area contributed by atoms with Crippen molar-refractivity contribution in [2.24, 2.45) is 0 Å². The second-order valence-electron chi connectivity index (χ2n) is 5.54. The molecule has 180 valence electrons. The molecule has 3 aromatic heterocycles. The van der Waals surface area contributed by atoms with Crippen LogP contribution < -0.4 is 5.73 Å². The maximum Gasteiger partial charge on any atom is 0.358 e. The minimum atomic E-state index is -0.539. The van der Waals surface area contributed by atoms with Crippen molar-refractivity contribution < 1.29 is 28.5 Å². The summed E-state index contributed by atoms with van der Waals surface area (Å²) in [6, 6.07) is 0. The molecule has 0 aliphatic carbocycles. The fourth-order valence-electron chi connectivity index (χ4n) is 1.90. The lowest BCUT2D eigenvalue weighted by molar-refractivity contribution is -0.0834. The fourth-order valence-corrected chi connectivity index (χ4v) is 3.22. The van der Waals surface area contributed by atoms with Crippen LogP contribution in [0.15, 0.2) is 34.0 Å². The number of hydrogen-bond donors (Lipinski definition) is 1. The molecular formula is C18H21Br3N6O6. The van der Waals surface area contributed by atoms with Gasteiger partial charge in [0.25, 0.3) is 0 Å². The second kappa shape index (κ2) is 14.8. The highest BCUT2D eigenvalue weighted by Crippen LogP contribution is 2.15. The number of esters is 2. The Bertz CT molecular complexity index is 1060. The van der Waals surface area contributed by atoms with Crippen LogP contribution in [0.2, 0.25) is 0 Å². The average Bonchev–Trinajstić information content (AvgIpc) is 3.31. The van der Waals surface area contributed by atoms with Gasteiger partial charge in [-0.1, -0.05) is 15.9 Å². The van der Waals surface area contributed by atoms with E-state index < -0.39 is 11.9 Å². The highest BCUT2D eigenvalue weighted by atomic mass is 79.9. The predicted octanol–water partition coefficient (Wildman–Crippen LogP) is 2.89. The van der Waals surface area contributed by atoms with Crippen molar-refractivity contribution in [3.63, 3.8) is 0 Å². The number of methoxy groups -OCH3 is 4. The summed E-state index contributed by atoms with van der Waals surface area (Å²) in [4.78, 5) is 37.6. The van der Waals surface area contributed by atoms with Gasteiger partial charge in [0.2, 0.25) is 0 Å². The molecule has 2 N–H and O–H groups in total. The molecule has 0 unspecified atom stereocenters. The fraction of sp³-hybridized carbons (Fsp3) is 0.333. The molecular weight excluding hydrogens is 636 g/mol. The van der Waals surface area contributed by atoms with Gasteiger partial charge >= 0.3 is 11.9 Å². The molecule has 0 amide bonds. The van der Waals surface area contributed by atoms with Crippen LogP contribution in [0.5, 0.6) is 0 Å². The largest absolute Gasteiger partial charge is 0.464 e. The molecule has 0 saturated carbocycles. The molecule has 15 heteroatoms. The van der Waals surface area contributed by atoms with Gasteiger partial charge in [-0.2, -0.15) is 0 Å². The van der Waals surface area contributed by atoms with Crippen LogP contribution >= 0.6 is 47.8 Å². The highest BCUT2D eigenvalue weighted by molar-refractivity contribution is 9.10. The number of nitrogens with zero attached hydrogens (tertiary/aromatic N) is 5. The van der Waals surface area contributed by atoms with Crippen LogP contribution in [0.4, 0.5) is 5.82 Å². The van der Waals surface area contributed by atoms with Gasteiger partial charge in [0.05, 0.1) is 25.7 Å². The second-order valence-corrected chi connectivity index (χ2v) is 7.69. The highest BCUT2D eigenvalue weighted by Gasteiger charge is 2.11. The standard InChI is InChI=1S/C8H6BrN3O2.C6H6BrN3O2.C4H9BrO2/c1-14-8(13)5-4-12-3-2-10-7(12)6(9)11-5;1-12-6(11)3-2-9-5(8)4(7)10-3;1-6-4(3-5)7-2/h2-4H,1H3;2H,1H3,(H2,8,9);4H,3H2,1-2H3. The monoisotopic (exact) mass is 654 g/mol. The van der Waals surface area contributed by atoms with Gasteiger partial charge in [-0.05, 0) is 31.9 Å². The number of carbonyl (C=O) groups excluding carboxylic acids is 2. The first-order valence-corrected chi connectivity index (χ1v) is 11.5. The van der Waals surface area contributed by atoms with Gasteiger partial charge in [-0.25, -0.2) is 29.5 Å². The van der Waals surface area contributed by atoms with E-state index in [4.69, 9.17) is 15.2 Å². The lowest BCUT2D eigenvalue weighted by Gasteiger charge is -2.07. The third-order valence-electron chi connectivity index (χ3n) is 3.53. The third-order valence-corrected chi connectivity index (χ3v) is 5.17. The number of rotatable bonds is 5. The van der Waals surface area contributed by atoms with Gasteiger partial charge in [-0.3, -0.25) is 0 Å². The van der Waals surface area contributed by atoms with E-state index in [9.17, 15) is 9.59 Å². The van der Waals surface area contributed by atoms with Gasteiger partial charge in [0, 0.05) is 32.8 Å². The van der Waals surface area contributed by atoms with Crippen molar-refractivity contribution in [1.29, 1.82) is 0 Å². The minimum absolute atomic E-state index is 0.0972. The molecule has 0 saturated heterocycles. The zero-order valence-electron chi connectivity index (χ0n) is 18.0. The smallest absolute Gasteiger partial charge is 0.358 e. The Balaban J connectivity index is 0.000000263. The number of alkyl halides is 1. The number of aromatic nitrogens is 5. The van der Waals surface area contributed by atoms with Crippen LogP contribution in [0.25, 0.3) is 5.65 Å². The van der Waals surface area contributed by atoms with E-state index >= 15 is 0 Å². The van der Waals surface area contributed by atoms with E-state index in [1.807, 2.05) is 0 Å². The van der Waals surface area contributed by atoms with E-state index in [0.717, 1.165) is 5.33 Å². The Morgan fingerprint density at radius 2 is 1.58 bits per heavy atom. The van der Waals surface area contributed by atoms with Crippen LogP contribution in [0, 0.1) is 0 Å². The number of imidazole rings is 1. The van der Waals surface area contributed by atoms with E-state index in [-0.39, 0.29) is 23.5 Å². The molecule has 0 atom stereocenters. The van der Waals surface area contributed by atoms with Crippen molar-refractivity contribution in [2.45, 2.75) is 6.29 Å². The van der Waals surface area contributed by atoms with Gasteiger partial charge in [0.15, 0.2) is 29.1 Å². The predicted molar refractivity (Wildman–Crippen MR) is 129 cm³/mol. The molecule has 3 aromatic rings. The summed E-state index contributed by atoms with van der Waals surface area (Å²) in [7, 11) is 5.80. The molecule has 0 spiro atoms. The number of hydrogen-bond acceptors (Lipinski definition) is 11. The van der Waals surface area contributed by atoms with Gasteiger partial charge in [0.1, 0.15) is 9.21 Å². The molecule has 0 aliphatic rings. The quantitative estimate of drug-likeness (QED) is 0.245. The van der Waals surface area contributed by atoms with Crippen molar-refractivity contribution in [3.05, 3.63) is 45.4 Å². The Morgan fingerprint density at radius 3 is 2.06 bits per heavy atom. The summed E-state index contributed by atoms with van der Waals surface area (Å²) in [5.74, 6) is -0.771. The van der Waals surface area contributed by atoms with Crippen LogP contribution in [-0.4, -0.2) is 76.3 Å². The number of ether oxygens (including phenoxy) is 4. The van der Waals surface area contributed by atoms with Crippen LogP contribution in [0.1, 0.15) is 21.0 Å². The number of nitrogens with two attached hydrogens (primary N) is 1.